The smallest absolute Gasteiger partial charge is 0.318 e. The molecule has 0 radical (unpaired) electrons. The van der Waals surface area contributed by atoms with Crippen molar-refractivity contribution in [1.29, 1.82) is 0 Å². The third-order valence-electron chi connectivity index (χ3n) is 4.24. The molecule has 1 aliphatic heterocycles. The van der Waals surface area contributed by atoms with Gasteiger partial charge in [0.2, 0.25) is 0 Å². The number of rotatable bonds is 4. The lowest BCUT2D eigenvalue weighted by atomic mass is 9.97. The van der Waals surface area contributed by atoms with Crippen LogP contribution in [0.5, 0.6) is 0 Å². The molecule has 1 atom stereocenters. The highest BCUT2D eigenvalue weighted by atomic mass is 16.2. The molecule has 1 saturated carbocycles. The summed E-state index contributed by atoms with van der Waals surface area (Å²) >= 11 is 0. The van der Waals surface area contributed by atoms with Crippen LogP contribution in [0.2, 0.25) is 0 Å². The Morgan fingerprint density at radius 2 is 2.06 bits per heavy atom. The fourth-order valence-corrected chi connectivity index (χ4v) is 3.24. The van der Waals surface area contributed by atoms with Crippen molar-refractivity contribution in [2.24, 2.45) is 5.92 Å². The topological polar surface area (TPSA) is 44.4 Å². The highest BCUT2D eigenvalue weighted by Gasteiger charge is 2.41. The van der Waals surface area contributed by atoms with Crippen LogP contribution in [0.4, 0.5) is 4.79 Å². The summed E-state index contributed by atoms with van der Waals surface area (Å²) in [5.74, 6) is 0.703. The lowest BCUT2D eigenvalue weighted by molar-refractivity contribution is 0.156. The second kappa shape index (κ2) is 4.84. The summed E-state index contributed by atoms with van der Waals surface area (Å²) in [5, 5.41) is 6.34. The normalized spacial score (nSPS) is 26.6. The molecule has 4 heteroatoms. The molecule has 2 rings (SSSR count). The largest absolute Gasteiger partial charge is 0.333 e. The molecule has 1 unspecified atom stereocenters. The highest BCUT2D eigenvalue weighted by Crippen LogP contribution is 2.31. The molecule has 1 saturated heterocycles. The number of hydrogen-bond acceptors (Lipinski definition) is 2. The number of nitrogens with zero attached hydrogens (tertiary/aromatic N) is 1. The van der Waals surface area contributed by atoms with E-state index in [0.29, 0.717) is 12.0 Å². The van der Waals surface area contributed by atoms with E-state index in [1.54, 1.807) is 0 Å². The number of carbonyl (C=O) groups excluding carboxylic acids is 1. The van der Waals surface area contributed by atoms with Gasteiger partial charge in [-0.1, -0.05) is 12.8 Å². The van der Waals surface area contributed by atoms with Crippen LogP contribution in [-0.2, 0) is 0 Å². The number of nitrogens with one attached hydrogen (secondary N) is 2. The van der Waals surface area contributed by atoms with E-state index in [-0.39, 0.29) is 11.6 Å². The molecule has 0 aromatic rings. The molecular formula is C13H25N3O. The SMILES string of the molecule is CNCC(C)(C)N1CC(C2CCCC2)NC1=O. The molecule has 0 bridgehead atoms. The van der Waals surface area contributed by atoms with E-state index in [2.05, 4.69) is 24.5 Å². The summed E-state index contributed by atoms with van der Waals surface area (Å²) in [5.41, 5.74) is -0.105. The first-order valence-electron chi connectivity index (χ1n) is 6.77. The molecule has 0 spiro atoms. The molecule has 1 aliphatic carbocycles. The molecule has 17 heavy (non-hydrogen) atoms. The first-order chi connectivity index (χ1) is 8.04. The van der Waals surface area contributed by atoms with Gasteiger partial charge in [0.1, 0.15) is 0 Å². The molecule has 2 aliphatic rings. The van der Waals surface area contributed by atoms with Gasteiger partial charge in [-0.15, -0.1) is 0 Å². The molecule has 2 fully saturated rings. The number of likely N-dealkylation sites (N-methyl/N-ethyl adjacent to an activating group) is 1. The van der Waals surface area contributed by atoms with E-state index in [1.165, 1.54) is 25.7 Å². The quantitative estimate of drug-likeness (QED) is 0.782. The number of amides is 2. The fourth-order valence-electron chi connectivity index (χ4n) is 3.24. The molecular weight excluding hydrogens is 214 g/mol. The number of hydrogen-bond donors (Lipinski definition) is 2. The molecule has 0 aromatic heterocycles. The third-order valence-corrected chi connectivity index (χ3v) is 4.24. The van der Waals surface area contributed by atoms with Gasteiger partial charge in [-0.05, 0) is 39.7 Å². The molecule has 4 nitrogen and oxygen atoms in total. The zero-order chi connectivity index (χ0) is 12.5. The Labute approximate surface area is 104 Å². The predicted molar refractivity (Wildman–Crippen MR) is 69.0 cm³/mol. The van der Waals surface area contributed by atoms with Crippen molar-refractivity contribution in [2.75, 3.05) is 20.1 Å². The van der Waals surface area contributed by atoms with E-state index in [4.69, 9.17) is 0 Å². The maximum absolute atomic E-state index is 12.0. The minimum Gasteiger partial charge on any atom is -0.333 e. The van der Waals surface area contributed by atoms with Crippen molar-refractivity contribution >= 4 is 6.03 Å². The zero-order valence-corrected chi connectivity index (χ0v) is 11.3. The van der Waals surface area contributed by atoms with Gasteiger partial charge in [-0.3, -0.25) is 0 Å². The minimum atomic E-state index is -0.105. The number of carbonyl (C=O) groups is 1. The van der Waals surface area contributed by atoms with Gasteiger partial charge < -0.3 is 15.5 Å². The van der Waals surface area contributed by atoms with Crippen molar-refractivity contribution in [1.82, 2.24) is 15.5 Å². The van der Waals surface area contributed by atoms with Crippen LogP contribution in [0.15, 0.2) is 0 Å². The highest BCUT2D eigenvalue weighted by molar-refractivity contribution is 5.77. The van der Waals surface area contributed by atoms with Gasteiger partial charge in [0.15, 0.2) is 0 Å². The van der Waals surface area contributed by atoms with Crippen LogP contribution in [0.25, 0.3) is 0 Å². The Bertz CT molecular complexity index is 284. The molecule has 98 valence electrons. The lowest BCUT2D eigenvalue weighted by Crippen LogP contribution is -2.51. The Kier molecular flexibility index (Phi) is 3.61. The van der Waals surface area contributed by atoms with Crippen molar-refractivity contribution in [3.8, 4) is 0 Å². The maximum Gasteiger partial charge on any atom is 0.318 e. The van der Waals surface area contributed by atoms with E-state index in [9.17, 15) is 4.79 Å². The Hall–Kier alpha value is -0.770. The molecule has 1 heterocycles. The average molecular weight is 239 g/mol. The van der Waals surface area contributed by atoms with Crippen molar-refractivity contribution in [3.05, 3.63) is 0 Å². The Balaban J connectivity index is 1.99. The maximum atomic E-state index is 12.0. The summed E-state index contributed by atoms with van der Waals surface area (Å²) < 4.78 is 0. The fraction of sp³-hybridized carbons (Fsp3) is 0.923. The monoisotopic (exact) mass is 239 g/mol. The first-order valence-corrected chi connectivity index (χ1v) is 6.77. The molecule has 2 N–H and O–H groups in total. The van der Waals surface area contributed by atoms with Crippen LogP contribution in [-0.4, -0.2) is 42.6 Å². The van der Waals surface area contributed by atoms with Gasteiger partial charge >= 0.3 is 6.03 Å². The van der Waals surface area contributed by atoms with Gasteiger partial charge in [0.05, 0.1) is 11.6 Å². The summed E-state index contributed by atoms with van der Waals surface area (Å²) in [6, 6.07) is 0.489. The first kappa shape index (κ1) is 12.7. The molecule has 0 aromatic carbocycles. The van der Waals surface area contributed by atoms with Gasteiger partial charge in [-0.25, -0.2) is 4.79 Å². The summed E-state index contributed by atoms with van der Waals surface area (Å²) in [7, 11) is 1.93. The van der Waals surface area contributed by atoms with Crippen molar-refractivity contribution < 1.29 is 4.79 Å². The third kappa shape index (κ3) is 2.57. The van der Waals surface area contributed by atoms with Crippen LogP contribution >= 0.6 is 0 Å². The van der Waals surface area contributed by atoms with Gasteiger partial charge in [0.25, 0.3) is 0 Å². The van der Waals surface area contributed by atoms with Crippen LogP contribution in [0.3, 0.4) is 0 Å². The second-order valence-electron chi connectivity index (χ2n) is 6.05. The number of urea groups is 1. The van der Waals surface area contributed by atoms with Crippen LogP contribution < -0.4 is 10.6 Å². The van der Waals surface area contributed by atoms with Gasteiger partial charge in [-0.2, -0.15) is 0 Å². The van der Waals surface area contributed by atoms with Gasteiger partial charge in [0, 0.05) is 13.1 Å². The van der Waals surface area contributed by atoms with Crippen LogP contribution in [0.1, 0.15) is 39.5 Å². The Morgan fingerprint density at radius 1 is 1.41 bits per heavy atom. The van der Waals surface area contributed by atoms with E-state index < -0.39 is 0 Å². The van der Waals surface area contributed by atoms with E-state index in [0.717, 1.165) is 13.1 Å². The minimum absolute atomic E-state index is 0.105. The van der Waals surface area contributed by atoms with E-state index in [1.807, 2.05) is 11.9 Å². The lowest BCUT2D eigenvalue weighted by Gasteiger charge is -2.34. The summed E-state index contributed by atoms with van der Waals surface area (Å²) in [6.07, 6.45) is 5.23. The van der Waals surface area contributed by atoms with E-state index >= 15 is 0 Å². The summed E-state index contributed by atoms with van der Waals surface area (Å²) in [4.78, 5) is 14.0. The van der Waals surface area contributed by atoms with Crippen molar-refractivity contribution in [2.45, 2.75) is 51.1 Å². The van der Waals surface area contributed by atoms with Crippen LogP contribution in [0, 0.1) is 5.92 Å². The zero-order valence-electron chi connectivity index (χ0n) is 11.3. The summed E-state index contributed by atoms with van der Waals surface area (Å²) in [6.45, 7) is 5.95. The second-order valence-corrected chi connectivity index (χ2v) is 6.05. The molecule has 2 amide bonds. The Morgan fingerprint density at radius 3 is 2.65 bits per heavy atom. The van der Waals surface area contributed by atoms with Crippen molar-refractivity contribution in [3.63, 3.8) is 0 Å². The standard InChI is InChI=1S/C13H25N3O/c1-13(2,9-14-3)16-8-11(15-12(16)17)10-6-4-5-7-10/h10-11,14H,4-9H2,1-3H3,(H,15,17). The average Bonchev–Trinajstić information content (AvgIpc) is 2.85. The predicted octanol–water partition coefficient (Wildman–Crippen LogP) is 1.57.